The zero-order chi connectivity index (χ0) is 13.2. The Morgan fingerprint density at radius 3 is 2.44 bits per heavy atom. The maximum Gasteiger partial charge on any atom is 0.309 e. The number of methoxy groups -OCH3 is 1. The van der Waals surface area contributed by atoms with E-state index in [9.17, 15) is 9.18 Å². The van der Waals surface area contributed by atoms with E-state index in [1.807, 2.05) is 6.92 Å². The fourth-order valence-corrected chi connectivity index (χ4v) is 2.60. The number of rotatable bonds is 4. The van der Waals surface area contributed by atoms with Crippen LogP contribution in [-0.4, -0.2) is 26.3 Å². The molecular formula is C14H17FO3. The molecule has 18 heavy (non-hydrogen) atoms. The van der Waals surface area contributed by atoms with Gasteiger partial charge in [0.2, 0.25) is 0 Å². The molecule has 3 nitrogen and oxygen atoms in total. The molecule has 0 spiro atoms. The Balaban J connectivity index is 2.35. The number of ether oxygens (including phenoxy) is 2. The number of esters is 1. The van der Waals surface area contributed by atoms with Crippen molar-refractivity contribution in [3.05, 3.63) is 35.6 Å². The summed E-state index contributed by atoms with van der Waals surface area (Å²) in [6, 6.07) is 6.28. The monoisotopic (exact) mass is 252 g/mol. The summed E-state index contributed by atoms with van der Waals surface area (Å²) in [5.41, 5.74) is 0.572. The molecule has 1 aromatic carbocycles. The molecule has 0 aromatic heterocycles. The van der Waals surface area contributed by atoms with Gasteiger partial charge in [0.25, 0.3) is 0 Å². The highest BCUT2D eigenvalue weighted by atomic mass is 19.1. The van der Waals surface area contributed by atoms with Crippen LogP contribution in [-0.2, 0) is 19.7 Å². The summed E-state index contributed by atoms with van der Waals surface area (Å²) in [5, 5.41) is 0. The fourth-order valence-electron chi connectivity index (χ4n) is 2.60. The van der Waals surface area contributed by atoms with Gasteiger partial charge in [-0.05, 0) is 24.1 Å². The molecule has 98 valence electrons. The van der Waals surface area contributed by atoms with Crippen LogP contribution in [0.25, 0.3) is 0 Å². The van der Waals surface area contributed by atoms with E-state index in [2.05, 4.69) is 0 Å². The highest BCUT2D eigenvalue weighted by Gasteiger charge is 2.50. The molecule has 1 heterocycles. The minimum atomic E-state index is -0.366. The van der Waals surface area contributed by atoms with Gasteiger partial charge in [0.05, 0.1) is 31.7 Å². The van der Waals surface area contributed by atoms with Crippen molar-refractivity contribution in [1.29, 1.82) is 0 Å². The molecule has 1 atom stereocenters. The van der Waals surface area contributed by atoms with Gasteiger partial charge >= 0.3 is 5.97 Å². The highest BCUT2D eigenvalue weighted by Crippen LogP contribution is 2.41. The zero-order valence-corrected chi connectivity index (χ0v) is 10.6. The Kier molecular flexibility index (Phi) is 3.66. The number of hydrogen-bond acceptors (Lipinski definition) is 3. The molecule has 0 saturated carbocycles. The second kappa shape index (κ2) is 5.06. The molecule has 1 aliphatic rings. The third-order valence-electron chi connectivity index (χ3n) is 3.70. The average Bonchev–Trinajstić information content (AvgIpc) is 2.34. The van der Waals surface area contributed by atoms with Crippen molar-refractivity contribution >= 4 is 5.97 Å². The predicted octanol–water partition coefficient (Wildman–Crippen LogP) is 2.29. The molecule has 1 unspecified atom stereocenters. The Bertz CT molecular complexity index is 423. The van der Waals surface area contributed by atoms with E-state index >= 15 is 0 Å². The van der Waals surface area contributed by atoms with E-state index in [0.717, 1.165) is 5.56 Å². The number of carbonyl (C=O) groups is 1. The van der Waals surface area contributed by atoms with Crippen molar-refractivity contribution in [1.82, 2.24) is 0 Å². The first kappa shape index (κ1) is 13.0. The normalized spacial score (nSPS) is 18.8. The fraction of sp³-hybridized carbons (Fsp3) is 0.500. The summed E-state index contributed by atoms with van der Waals surface area (Å²) in [7, 11) is 1.39. The molecule has 0 N–H and O–H groups in total. The van der Waals surface area contributed by atoms with Gasteiger partial charge < -0.3 is 9.47 Å². The van der Waals surface area contributed by atoms with Crippen LogP contribution in [0, 0.1) is 11.7 Å². The smallest absolute Gasteiger partial charge is 0.309 e. The van der Waals surface area contributed by atoms with Gasteiger partial charge in [0.15, 0.2) is 0 Å². The molecule has 2 rings (SSSR count). The van der Waals surface area contributed by atoms with Crippen LogP contribution in [0.15, 0.2) is 24.3 Å². The van der Waals surface area contributed by atoms with Crippen LogP contribution in [0.3, 0.4) is 0 Å². The van der Waals surface area contributed by atoms with E-state index < -0.39 is 0 Å². The Morgan fingerprint density at radius 1 is 1.44 bits per heavy atom. The minimum absolute atomic E-state index is 0.231. The Labute approximate surface area is 106 Å². The summed E-state index contributed by atoms with van der Waals surface area (Å²) in [6.07, 6.45) is 0.674. The second-order valence-corrected chi connectivity index (χ2v) is 4.64. The van der Waals surface area contributed by atoms with E-state index in [0.29, 0.717) is 19.6 Å². The molecule has 0 aliphatic carbocycles. The van der Waals surface area contributed by atoms with Gasteiger partial charge in [0, 0.05) is 0 Å². The van der Waals surface area contributed by atoms with Gasteiger partial charge in [-0.3, -0.25) is 4.79 Å². The Hall–Kier alpha value is -1.42. The van der Waals surface area contributed by atoms with Gasteiger partial charge in [0.1, 0.15) is 5.82 Å². The standard InChI is InChI=1S/C14H17FO3/c1-3-12(13(16)17-2)14(8-18-9-14)10-4-6-11(15)7-5-10/h4-7,12H,3,8-9H2,1-2H3. The quantitative estimate of drug-likeness (QED) is 0.771. The largest absolute Gasteiger partial charge is 0.469 e. The summed E-state index contributed by atoms with van der Waals surface area (Å²) in [5.74, 6) is -0.757. The molecule has 0 amide bonds. The Morgan fingerprint density at radius 2 is 2.06 bits per heavy atom. The first-order valence-electron chi connectivity index (χ1n) is 6.05. The first-order valence-corrected chi connectivity index (χ1v) is 6.05. The number of carbonyl (C=O) groups excluding carboxylic acids is 1. The lowest BCUT2D eigenvalue weighted by molar-refractivity contribution is -0.160. The first-order chi connectivity index (χ1) is 8.64. The van der Waals surface area contributed by atoms with E-state index in [-0.39, 0.29) is 23.1 Å². The third kappa shape index (κ3) is 2.01. The van der Waals surface area contributed by atoms with E-state index in [4.69, 9.17) is 9.47 Å². The van der Waals surface area contributed by atoms with Crippen LogP contribution >= 0.6 is 0 Å². The molecule has 1 aliphatic heterocycles. The zero-order valence-electron chi connectivity index (χ0n) is 10.6. The lowest BCUT2D eigenvalue weighted by Gasteiger charge is -2.46. The number of benzene rings is 1. The summed E-state index contributed by atoms with van der Waals surface area (Å²) >= 11 is 0. The van der Waals surface area contributed by atoms with Crippen molar-refractivity contribution in [2.45, 2.75) is 18.8 Å². The molecular weight excluding hydrogens is 235 g/mol. The van der Waals surface area contributed by atoms with Crippen molar-refractivity contribution in [3.63, 3.8) is 0 Å². The maximum atomic E-state index is 13.0. The topological polar surface area (TPSA) is 35.5 Å². The van der Waals surface area contributed by atoms with Crippen LogP contribution in [0.2, 0.25) is 0 Å². The maximum absolute atomic E-state index is 13.0. The molecule has 1 aromatic rings. The average molecular weight is 252 g/mol. The van der Waals surface area contributed by atoms with Gasteiger partial charge in [-0.15, -0.1) is 0 Å². The summed E-state index contributed by atoms with van der Waals surface area (Å²) in [4.78, 5) is 11.9. The lowest BCUT2D eigenvalue weighted by atomic mass is 9.67. The van der Waals surface area contributed by atoms with Gasteiger partial charge in [-0.1, -0.05) is 19.1 Å². The highest BCUT2D eigenvalue weighted by molar-refractivity contribution is 5.75. The van der Waals surface area contributed by atoms with Crippen molar-refractivity contribution in [3.8, 4) is 0 Å². The van der Waals surface area contributed by atoms with Crippen LogP contribution < -0.4 is 0 Å². The van der Waals surface area contributed by atoms with Crippen LogP contribution in [0.4, 0.5) is 4.39 Å². The predicted molar refractivity (Wildman–Crippen MR) is 64.7 cm³/mol. The molecule has 0 radical (unpaired) electrons. The third-order valence-corrected chi connectivity index (χ3v) is 3.70. The summed E-state index contributed by atoms with van der Waals surface area (Å²) in [6.45, 7) is 2.91. The molecule has 4 heteroatoms. The van der Waals surface area contributed by atoms with Gasteiger partial charge in [-0.25, -0.2) is 4.39 Å². The number of hydrogen-bond donors (Lipinski definition) is 0. The van der Waals surface area contributed by atoms with Crippen LogP contribution in [0.5, 0.6) is 0 Å². The molecule has 0 bridgehead atoms. The van der Waals surface area contributed by atoms with Crippen LogP contribution in [0.1, 0.15) is 18.9 Å². The summed E-state index contributed by atoms with van der Waals surface area (Å²) < 4.78 is 23.1. The SMILES string of the molecule is CCC(C(=O)OC)C1(c2ccc(F)cc2)COC1. The van der Waals surface area contributed by atoms with Gasteiger partial charge in [-0.2, -0.15) is 0 Å². The second-order valence-electron chi connectivity index (χ2n) is 4.64. The van der Waals surface area contributed by atoms with Crippen molar-refractivity contribution in [2.24, 2.45) is 5.92 Å². The minimum Gasteiger partial charge on any atom is -0.469 e. The lowest BCUT2D eigenvalue weighted by Crippen LogP contribution is -2.54. The number of halogens is 1. The molecule has 1 fully saturated rings. The van der Waals surface area contributed by atoms with E-state index in [1.54, 1.807) is 12.1 Å². The molecule has 1 saturated heterocycles. The van der Waals surface area contributed by atoms with Crippen molar-refractivity contribution in [2.75, 3.05) is 20.3 Å². The van der Waals surface area contributed by atoms with Crippen molar-refractivity contribution < 1.29 is 18.7 Å². The van der Waals surface area contributed by atoms with E-state index in [1.165, 1.54) is 19.2 Å².